The van der Waals surface area contributed by atoms with Gasteiger partial charge in [0.25, 0.3) is 0 Å². The van der Waals surface area contributed by atoms with Gasteiger partial charge >= 0.3 is 5.69 Å². The smallest absolute Gasteiger partial charge is 0.326 e. The summed E-state index contributed by atoms with van der Waals surface area (Å²) in [6.07, 6.45) is 4.95. The molecule has 0 bridgehead atoms. The van der Waals surface area contributed by atoms with Gasteiger partial charge in [-0.15, -0.1) is 0 Å². The van der Waals surface area contributed by atoms with E-state index in [0.29, 0.717) is 11.2 Å². The number of benzene rings is 1. The molecule has 116 valence electrons. The third-order valence-corrected chi connectivity index (χ3v) is 4.65. The quantitative estimate of drug-likeness (QED) is 0.882. The van der Waals surface area contributed by atoms with Crippen molar-refractivity contribution in [2.45, 2.75) is 38.6 Å². The number of nitrogens with one attached hydrogen (secondary N) is 1. The number of para-hydroxylation sites is 1. The molecule has 2 aromatic rings. The number of H-pyrrole nitrogens is 1. The summed E-state index contributed by atoms with van der Waals surface area (Å²) in [6.45, 7) is 0.646. The fourth-order valence-corrected chi connectivity index (χ4v) is 3.48. The lowest BCUT2D eigenvalue weighted by molar-refractivity contribution is 0.407. The monoisotopic (exact) mass is 316 g/mol. The highest BCUT2D eigenvalue weighted by atomic mass is 32.1. The van der Waals surface area contributed by atoms with Crippen LogP contribution in [-0.2, 0) is 25.8 Å². The molecule has 0 saturated heterocycles. The van der Waals surface area contributed by atoms with Gasteiger partial charge < -0.3 is 4.74 Å². The predicted molar refractivity (Wildman–Crippen MR) is 89.2 cm³/mol. The lowest BCUT2D eigenvalue weighted by Gasteiger charge is -2.21. The summed E-state index contributed by atoms with van der Waals surface area (Å²) in [7, 11) is 1.67. The standard InChI is InChI=1S/C17H20N2O2S/c1-21-15-9-5-2-6-12(15)10-11-19-14-8-4-3-7-13(14)16(22)18-17(19)20/h2,5-6,9H,3-4,7-8,10-11H2,1H3,(H,18,20,22). The van der Waals surface area contributed by atoms with E-state index in [1.807, 2.05) is 28.8 Å². The van der Waals surface area contributed by atoms with Crippen LogP contribution in [0.2, 0.25) is 0 Å². The highest BCUT2D eigenvalue weighted by molar-refractivity contribution is 7.71. The summed E-state index contributed by atoms with van der Waals surface area (Å²) >= 11 is 5.31. The molecule has 3 rings (SSSR count). The molecule has 1 aromatic heterocycles. The topological polar surface area (TPSA) is 47.0 Å². The highest BCUT2D eigenvalue weighted by Gasteiger charge is 2.16. The summed E-state index contributed by atoms with van der Waals surface area (Å²) < 4.78 is 7.86. The second-order valence-corrected chi connectivity index (χ2v) is 6.01. The van der Waals surface area contributed by atoms with Gasteiger partial charge in [-0.25, -0.2) is 4.79 Å². The van der Waals surface area contributed by atoms with Crippen molar-refractivity contribution in [3.8, 4) is 5.75 Å². The van der Waals surface area contributed by atoms with Crippen LogP contribution in [0.4, 0.5) is 0 Å². The molecule has 0 spiro atoms. The summed E-state index contributed by atoms with van der Waals surface area (Å²) in [6, 6.07) is 7.94. The molecule has 0 fully saturated rings. The van der Waals surface area contributed by atoms with Crippen LogP contribution in [0.25, 0.3) is 0 Å². The van der Waals surface area contributed by atoms with Gasteiger partial charge in [0.1, 0.15) is 10.4 Å². The van der Waals surface area contributed by atoms with E-state index in [1.165, 1.54) is 0 Å². The van der Waals surface area contributed by atoms with Crippen molar-refractivity contribution in [3.05, 3.63) is 56.2 Å². The van der Waals surface area contributed by atoms with Crippen LogP contribution in [0.5, 0.6) is 5.75 Å². The van der Waals surface area contributed by atoms with Crippen molar-refractivity contribution < 1.29 is 4.74 Å². The van der Waals surface area contributed by atoms with Crippen LogP contribution in [-0.4, -0.2) is 16.7 Å². The second kappa shape index (κ2) is 6.48. The van der Waals surface area contributed by atoms with E-state index in [2.05, 4.69) is 4.98 Å². The molecule has 1 heterocycles. The van der Waals surface area contributed by atoms with Crippen molar-refractivity contribution in [1.29, 1.82) is 0 Å². The number of aromatic amines is 1. The average molecular weight is 316 g/mol. The first-order valence-corrected chi connectivity index (χ1v) is 8.08. The van der Waals surface area contributed by atoms with Gasteiger partial charge in [-0.2, -0.15) is 0 Å². The lowest BCUT2D eigenvalue weighted by Crippen LogP contribution is -2.30. The Balaban J connectivity index is 1.93. The molecular formula is C17H20N2O2S. The van der Waals surface area contributed by atoms with E-state index in [4.69, 9.17) is 17.0 Å². The maximum atomic E-state index is 12.3. The van der Waals surface area contributed by atoms with Crippen LogP contribution < -0.4 is 10.4 Å². The Morgan fingerprint density at radius 3 is 2.86 bits per heavy atom. The molecule has 5 heteroatoms. The minimum Gasteiger partial charge on any atom is -0.496 e. The maximum Gasteiger partial charge on any atom is 0.326 e. The van der Waals surface area contributed by atoms with Crippen molar-refractivity contribution >= 4 is 12.2 Å². The number of fused-ring (bicyclic) bond motifs is 1. The molecule has 0 atom stereocenters. The Morgan fingerprint density at radius 1 is 1.27 bits per heavy atom. The number of rotatable bonds is 4. The van der Waals surface area contributed by atoms with E-state index in [1.54, 1.807) is 7.11 Å². The molecular weight excluding hydrogens is 296 g/mol. The molecule has 4 nitrogen and oxygen atoms in total. The number of methoxy groups -OCH3 is 1. The van der Waals surface area contributed by atoms with Gasteiger partial charge in [-0.1, -0.05) is 30.4 Å². The SMILES string of the molecule is COc1ccccc1CCn1c2c(c(=S)[nH]c1=O)CCCC2. The van der Waals surface area contributed by atoms with Crippen LogP contribution in [0.15, 0.2) is 29.1 Å². The molecule has 0 radical (unpaired) electrons. The zero-order chi connectivity index (χ0) is 15.5. The Hall–Kier alpha value is -1.88. The fourth-order valence-electron chi connectivity index (χ4n) is 3.17. The van der Waals surface area contributed by atoms with Gasteiger partial charge in [0, 0.05) is 17.8 Å². The normalized spacial score (nSPS) is 13.7. The molecule has 1 aromatic carbocycles. The number of aryl methyl sites for hydroxylation is 1. The number of ether oxygens (including phenoxy) is 1. The van der Waals surface area contributed by atoms with Gasteiger partial charge in [-0.05, 0) is 43.7 Å². The van der Waals surface area contributed by atoms with Crippen LogP contribution in [0.3, 0.4) is 0 Å². The van der Waals surface area contributed by atoms with Gasteiger partial charge in [0.2, 0.25) is 0 Å². The van der Waals surface area contributed by atoms with Crippen molar-refractivity contribution in [1.82, 2.24) is 9.55 Å². The first-order valence-electron chi connectivity index (χ1n) is 7.67. The third kappa shape index (κ3) is 2.86. The second-order valence-electron chi connectivity index (χ2n) is 5.61. The van der Waals surface area contributed by atoms with Crippen LogP contribution in [0.1, 0.15) is 29.7 Å². The molecule has 1 N–H and O–H groups in total. The molecule has 0 saturated carbocycles. The zero-order valence-electron chi connectivity index (χ0n) is 12.7. The minimum atomic E-state index is -0.0967. The summed E-state index contributed by atoms with van der Waals surface area (Å²) in [5.41, 5.74) is 3.29. The molecule has 0 unspecified atom stereocenters. The summed E-state index contributed by atoms with van der Waals surface area (Å²) in [5.74, 6) is 0.869. The number of hydrogen-bond acceptors (Lipinski definition) is 3. The van der Waals surface area contributed by atoms with Crippen molar-refractivity contribution in [2.24, 2.45) is 0 Å². The molecule has 1 aliphatic carbocycles. The highest BCUT2D eigenvalue weighted by Crippen LogP contribution is 2.22. The van der Waals surface area contributed by atoms with Crippen molar-refractivity contribution in [2.75, 3.05) is 7.11 Å². The molecule has 0 aliphatic heterocycles. The first kappa shape index (κ1) is 15.0. The van der Waals surface area contributed by atoms with Gasteiger partial charge in [0.05, 0.1) is 7.11 Å². The van der Waals surface area contributed by atoms with Crippen LogP contribution in [0, 0.1) is 4.64 Å². The minimum absolute atomic E-state index is 0.0967. The molecule has 0 amide bonds. The average Bonchev–Trinajstić information content (AvgIpc) is 2.55. The van der Waals surface area contributed by atoms with E-state index in [9.17, 15) is 4.79 Å². The number of hydrogen-bond donors (Lipinski definition) is 1. The number of aromatic nitrogens is 2. The van der Waals surface area contributed by atoms with E-state index < -0.39 is 0 Å². The number of nitrogens with zero attached hydrogens (tertiary/aromatic N) is 1. The van der Waals surface area contributed by atoms with E-state index in [-0.39, 0.29) is 5.69 Å². The van der Waals surface area contributed by atoms with Gasteiger partial charge in [-0.3, -0.25) is 9.55 Å². The Kier molecular flexibility index (Phi) is 4.43. The maximum absolute atomic E-state index is 12.3. The Bertz CT molecular complexity index is 792. The zero-order valence-corrected chi connectivity index (χ0v) is 13.5. The Labute approximate surface area is 134 Å². The van der Waals surface area contributed by atoms with E-state index in [0.717, 1.165) is 54.7 Å². The first-order chi connectivity index (χ1) is 10.7. The Morgan fingerprint density at radius 2 is 2.05 bits per heavy atom. The van der Waals surface area contributed by atoms with Crippen LogP contribution >= 0.6 is 12.2 Å². The van der Waals surface area contributed by atoms with Crippen molar-refractivity contribution in [3.63, 3.8) is 0 Å². The fraction of sp³-hybridized carbons (Fsp3) is 0.412. The summed E-state index contributed by atoms with van der Waals surface area (Å²) in [5, 5.41) is 0. The largest absolute Gasteiger partial charge is 0.496 e. The third-order valence-electron chi connectivity index (χ3n) is 4.30. The van der Waals surface area contributed by atoms with E-state index >= 15 is 0 Å². The lowest BCUT2D eigenvalue weighted by atomic mass is 9.97. The summed E-state index contributed by atoms with van der Waals surface area (Å²) in [4.78, 5) is 15.1. The molecule has 1 aliphatic rings. The molecule has 22 heavy (non-hydrogen) atoms. The predicted octanol–water partition coefficient (Wildman–Crippen LogP) is 3.04. The van der Waals surface area contributed by atoms with Gasteiger partial charge in [0.15, 0.2) is 0 Å².